The summed E-state index contributed by atoms with van der Waals surface area (Å²) in [6.45, 7) is 2.27. The highest BCUT2D eigenvalue weighted by molar-refractivity contribution is 7.16. The fourth-order valence-electron chi connectivity index (χ4n) is 2.37. The summed E-state index contributed by atoms with van der Waals surface area (Å²) in [5, 5.41) is 11.0. The molecule has 1 aromatic heterocycles. The lowest BCUT2D eigenvalue weighted by molar-refractivity contribution is -0.384. The number of rotatable bonds is 5. The number of non-ortho nitro benzene ring substituents is 1. The van der Waals surface area contributed by atoms with Crippen LogP contribution in [0.25, 0.3) is 10.2 Å². The molecule has 1 aromatic carbocycles. The second-order valence-electron chi connectivity index (χ2n) is 5.30. The molecule has 0 atom stereocenters. The molecule has 0 saturated heterocycles. The van der Waals surface area contributed by atoms with Crippen LogP contribution in [0.15, 0.2) is 35.2 Å². The van der Waals surface area contributed by atoms with E-state index in [9.17, 15) is 19.7 Å². The second kappa shape index (κ2) is 7.99. The molecule has 0 fully saturated rings. The summed E-state index contributed by atoms with van der Waals surface area (Å²) in [7, 11) is 0. The van der Waals surface area contributed by atoms with Crippen LogP contribution in [0.2, 0.25) is 0 Å². The zero-order valence-corrected chi connectivity index (χ0v) is 15.1. The van der Waals surface area contributed by atoms with Crippen molar-refractivity contribution in [2.75, 3.05) is 19.8 Å². The first-order valence-corrected chi connectivity index (χ1v) is 8.78. The maximum atomic E-state index is 12.3. The fourth-order valence-corrected chi connectivity index (χ4v) is 3.43. The van der Waals surface area contributed by atoms with E-state index >= 15 is 0 Å². The molecule has 0 spiro atoms. The van der Waals surface area contributed by atoms with Gasteiger partial charge in [-0.15, -0.1) is 0 Å². The molecule has 27 heavy (non-hydrogen) atoms. The normalized spacial score (nSPS) is 14.3. The molecule has 0 radical (unpaired) electrons. The molecule has 1 amide bonds. The lowest BCUT2D eigenvalue weighted by atomic mass is 10.3. The zero-order valence-electron chi connectivity index (χ0n) is 14.2. The first-order valence-electron chi connectivity index (χ1n) is 7.96. The van der Waals surface area contributed by atoms with Crippen LogP contribution in [0.5, 0.6) is 0 Å². The first kappa shape index (κ1) is 18.6. The number of aromatic nitrogens is 1. The minimum Gasteiger partial charge on any atom is -0.494 e. The van der Waals surface area contributed by atoms with E-state index in [0.29, 0.717) is 16.8 Å². The minimum atomic E-state index is -0.673. The Balaban J connectivity index is 2.09. The zero-order chi connectivity index (χ0) is 19.4. The van der Waals surface area contributed by atoms with E-state index < -0.39 is 16.8 Å². The van der Waals surface area contributed by atoms with E-state index in [4.69, 9.17) is 14.2 Å². The van der Waals surface area contributed by atoms with Gasteiger partial charge in [0.1, 0.15) is 26.0 Å². The number of benzene rings is 1. The summed E-state index contributed by atoms with van der Waals surface area (Å²) in [6, 6.07) is 4.19. The van der Waals surface area contributed by atoms with Gasteiger partial charge in [-0.25, -0.2) is 0 Å². The van der Waals surface area contributed by atoms with Gasteiger partial charge in [0.25, 0.3) is 5.69 Å². The highest BCUT2D eigenvalue weighted by Crippen LogP contribution is 2.23. The van der Waals surface area contributed by atoms with E-state index in [2.05, 4.69) is 4.99 Å². The van der Waals surface area contributed by atoms with Crippen LogP contribution in [0.1, 0.15) is 6.92 Å². The maximum absolute atomic E-state index is 12.3. The molecule has 0 aliphatic carbocycles. The van der Waals surface area contributed by atoms with Gasteiger partial charge in [0, 0.05) is 12.1 Å². The van der Waals surface area contributed by atoms with Crippen molar-refractivity contribution in [3.8, 4) is 0 Å². The van der Waals surface area contributed by atoms with Crippen LogP contribution in [0.3, 0.4) is 0 Å². The van der Waals surface area contributed by atoms with Crippen LogP contribution < -0.4 is 4.80 Å². The van der Waals surface area contributed by atoms with Gasteiger partial charge < -0.3 is 18.8 Å². The van der Waals surface area contributed by atoms with Crippen LogP contribution in [0.4, 0.5) is 5.69 Å². The number of esters is 1. The number of nitrogens with zero attached hydrogens (tertiary/aromatic N) is 3. The van der Waals surface area contributed by atoms with Crippen molar-refractivity contribution >= 4 is 39.1 Å². The number of nitro groups is 1. The SMILES string of the molecule is CCOC(=O)Cn1c(=NC(=O)C2=COCCO2)sc2cc([N+](=O)[O-])ccc21. The number of amides is 1. The van der Waals surface area contributed by atoms with Crippen molar-refractivity contribution in [1.29, 1.82) is 0 Å². The summed E-state index contributed by atoms with van der Waals surface area (Å²) in [6.07, 6.45) is 1.18. The molecule has 0 saturated carbocycles. The topological polar surface area (TPSA) is 122 Å². The monoisotopic (exact) mass is 393 g/mol. The molecule has 1 aliphatic rings. The summed E-state index contributed by atoms with van der Waals surface area (Å²) in [4.78, 5) is 38.9. The minimum absolute atomic E-state index is 0.0487. The number of hydrogen-bond donors (Lipinski definition) is 0. The largest absolute Gasteiger partial charge is 0.494 e. The van der Waals surface area contributed by atoms with Gasteiger partial charge in [-0.2, -0.15) is 4.99 Å². The number of fused-ring (bicyclic) bond motifs is 1. The molecule has 2 aromatic rings. The van der Waals surface area contributed by atoms with E-state index in [0.717, 1.165) is 11.3 Å². The Bertz CT molecular complexity index is 1010. The van der Waals surface area contributed by atoms with Gasteiger partial charge in [0.05, 0.1) is 21.7 Å². The van der Waals surface area contributed by atoms with Crippen molar-refractivity contribution in [3.05, 3.63) is 45.1 Å². The third kappa shape index (κ3) is 4.14. The van der Waals surface area contributed by atoms with Crippen molar-refractivity contribution in [1.82, 2.24) is 4.57 Å². The van der Waals surface area contributed by atoms with Gasteiger partial charge in [0.2, 0.25) is 5.76 Å². The number of hydrogen-bond acceptors (Lipinski definition) is 8. The smallest absolute Gasteiger partial charge is 0.326 e. The molecule has 0 unspecified atom stereocenters. The highest BCUT2D eigenvalue weighted by atomic mass is 32.1. The molecule has 2 heterocycles. The van der Waals surface area contributed by atoms with E-state index in [1.54, 1.807) is 6.92 Å². The number of nitro benzene ring substituents is 1. The third-order valence-corrected chi connectivity index (χ3v) is 4.57. The van der Waals surface area contributed by atoms with E-state index in [1.165, 1.54) is 29.0 Å². The van der Waals surface area contributed by atoms with Crippen molar-refractivity contribution in [3.63, 3.8) is 0 Å². The second-order valence-corrected chi connectivity index (χ2v) is 6.31. The quantitative estimate of drug-likeness (QED) is 0.428. The van der Waals surface area contributed by atoms with Crippen molar-refractivity contribution in [2.24, 2.45) is 4.99 Å². The Kier molecular flexibility index (Phi) is 5.50. The number of carbonyl (C=O) groups excluding carboxylic acids is 2. The molecule has 10 nitrogen and oxygen atoms in total. The molecule has 3 rings (SSSR count). The van der Waals surface area contributed by atoms with E-state index in [-0.39, 0.29) is 36.0 Å². The molecule has 1 aliphatic heterocycles. The molecule has 142 valence electrons. The van der Waals surface area contributed by atoms with Gasteiger partial charge in [0.15, 0.2) is 4.80 Å². The summed E-state index contributed by atoms with van der Waals surface area (Å²) in [5.41, 5.74) is 0.427. The Hall–Kier alpha value is -3.21. The number of carbonyl (C=O) groups is 2. The first-order chi connectivity index (χ1) is 13.0. The van der Waals surface area contributed by atoms with Crippen LogP contribution >= 0.6 is 11.3 Å². The number of thiazole rings is 1. The molecule has 0 bridgehead atoms. The molecular formula is C16H15N3O7S. The third-order valence-electron chi connectivity index (χ3n) is 3.53. The Morgan fingerprint density at radius 2 is 2.22 bits per heavy atom. The Morgan fingerprint density at radius 1 is 1.41 bits per heavy atom. The summed E-state index contributed by atoms with van der Waals surface area (Å²) in [5.74, 6) is -1.23. The molecular weight excluding hydrogens is 378 g/mol. The highest BCUT2D eigenvalue weighted by Gasteiger charge is 2.18. The average molecular weight is 393 g/mol. The summed E-state index contributed by atoms with van der Waals surface area (Å²) >= 11 is 1.05. The standard InChI is InChI=1S/C16H15N3O7S/c1-2-25-14(20)8-18-11-4-3-10(19(22)23)7-13(11)27-16(18)17-15(21)12-9-24-5-6-26-12/h3-4,7,9H,2,5-6,8H2,1H3. The predicted molar refractivity (Wildman–Crippen MR) is 93.7 cm³/mol. The number of ether oxygens (including phenoxy) is 3. The van der Waals surface area contributed by atoms with Gasteiger partial charge >= 0.3 is 11.9 Å². The fraction of sp³-hybridized carbons (Fsp3) is 0.312. The van der Waals surface area contributed by atoms with E-state index in [1.807, 2.05) is 0 Å². The Labute approximate surface area is 156 Å². The average Bonchev–Trinajstić information content (AvgIpc) is 2.99. The van der Waals surface area contributed by atoms with Crippen LogP contribution in [-0.4, -0.2) is 41.2 Å². The Morgan fingerprint density at radius 3 is 2.89 bits per heavy atom. The van der Waals surface area contributed by atoms with Gasteiger partial charge in [-0.1, -0.05) is 11.3 Å². The van der Waals surface area contributed by atoms with Crippen LogP contribution in [-0.2, 0) is 30.3 Å². The van der Waals surface area contributed by atoms with Gasteiger partial charge in [-0.3, -0.25) is 19.7 Å². The molecule has 0 N–H and O–H groups in total. The van der Waals surface area contributed by atoms with Crippen molar-refractivity contribution < 1.29 is 28.7 Å². The molecule has 11 heteroatoms. The summed E-state index contributed by atoms with van der Waals surface area (Å²) < 4.78 is 17.2. The lowest BCUT2D eigenvalue weighted by Crippen LogP contribution is -2.24. The lowest BCUT2D eigenvalue weighted by Gasteiger charge is -2.12. The maximum Gasteiger partial charge on any atom is 0.326 e. The van der Waals surface area contributed by atoms with Gasteiger partial charge in [-0.05, 0) is 13.0 Å². The van der Waals surface area contributed by atoms with Crippen LogP contribution in [0, 0.1) is 10.1 Å². The predicted octanol–water partition coefficient (Wildman–Crippen LogP) is 1.49. The van der Waals surface area contributed by atoms with Crippen molar-refractivity contribution in [2.45, 2.75) is 13.5 Å².